The molecule has 4 bridgehead atoms. The fourth-order valence-electron chi connectivity index (χ4n) is 3.89. The predicted molar refractivity (Wildman–Crippen MR) is 109 cm³/mol. The molecule has 8 nitrogen and oxygen atoms in total. The Morgan fingerprint density at radius 3 is 2.71 bits per heavy atom. The quantitative estimate of drug-likeness (QED) is 0.624. The molecular formula is C20H19F5N4O4S. The topological polar surface area (TPSA) is 101 Å². The smallest absolute Gasteiger partial charge is 0.350 e. The summed E-state index contributed by atoms with van der Waals surface area (Å²) in [5, 5.41) is 2.40. The standard InChI is InChI=1S/C20H19F5N4O4S/c1-10-5-6-12-8-26-19(30)29-9-20(24,25)16(28-34(31,32)18(22)23)13(29)7-11-3-2-4-14(15(11)21)33-17(10)27-12/h2-6,13,16,18,28H,7-9H2,1H3,(H,26,30)/t13-,16+/m0/s1. The van der Waals surface area contributed by atoms with Crippen LogP contribution in [0, 0.1) is 12.7 Å². The molecule has 0 unspecified atom stereocenters. The van der Waals surface area contributed by atoms with Gasteiger partial charge in [-0.3, -0.25) is 0 Å². The van der Waals surface area contributed by atoms with Crippen LogP contribution in [-0.4, -0.2) is 54.6 Å². The van der Waals surface area contributed by atoms with E-state index >= 15 is 4.39 Å². The Bertz CT molecular complexity index is 1230. The highest BCUT2D eigenvalue weighted by Crippen LogP contribution is 2.37. The minimum atomic E-state index is -5.45. The van der Waals surface area contributed by atoms with Gasteiger partial charge in [0.15, 0.2) is 11.6 Å². The van der Waals surface area contributed by atoms with Gasteiger partial charge < -0.3 is 15.0 Å². The Morgan fingerprint density at radius 2 is 2.00 bits per heavy atom. The van der Waals surface area contributed by atoms with Crippen LogP contribution in [0.3, 0.4) is 0 Å². The molecule has 1 aromatic heterocycles. The van der Waals surface area contributed by atoms with E-state index in [9.17, 15) is 30.8 Å². The first kappa shape index (κ1) is 24.1. The third-order valence-corrected chi connectivity index (χ3v) is 6.67. The second kappa shape index (κ2) is 8.65. The van der Waals surface area contributed by atoms with Gasteiger partial charge in [-0.15, -0.1) is 0 Å². The molecule has 0 aliphatic carbocycles. The minimum Gasteiger partial charge on any atom is -0.436 e. The van der Waals surface area contributed by atoms with Gasteiger partial charge in [-0.05, 0) is 31.0 Å². The molecule has 2 atom stereocenters. The third-order valence-electron chi connectivity index (χ3n) is 5.62. The van der Waals surface area contributed by atoms with Crippen molar-refractivity contribution in [2.24, 2.45) is 0 Å². The van der Waals surface area contributed by atoms with Gasteiger partial charge in [0.05, 0.1) is 24.8 Å². The molecule has 1 fully saturated rings. The molecule has 0 radical (unpaired) electrons. The summed E-state index contributed by atoms with van der Waals surface area (Å²) in [7, 11) is -5.45. The summed E-state index contributed by atoms with van der Waals surface area (Å²) in [4.78, 5) is 17.6. The van der Waals surface area contributed by atoms with Crippen molar-refractivity contribution in [3.8, 4) is 11.6 Å². The summed E-state index contributed by atoms with van der Waals surface area (Å²) in [5.74, 6) is -9.04. The first-order valence-electron chi connectivity index (χ1n) is 10.0. The number of nitrogens with one attached hydrogen (secondary N) is 2. The molecular weight excluding hydrogens is 487 g/mol. The number of ether oxygens (including phenoxy) is 1. The number of rotatable bonds is 3. The summed E-state index contributed by atoms with van der Waals surface area (Å²) >= 11 is 0. The Kier molecular flexibility index (Phi) is 6.14. The average Bonchev–Trinajstić information content (AvgIpc) is 3.00. The van der Waals surface area contributed by atoms with Crippen LogP contribution < -0.4 is 14.8 Å². The molecule has 2 aliphatic rings. The van der Waals surface area contributed by atoms with Crippen LogP contribution in [0.4, 0.5) is 26.7 Å². The highest BCUT2D eigenvalue weighted by Gasteiger charge is 2.58. The number of pyridine rings is 1. The van der Waals surface area contributed by atoms with E-state index in [0.29, 0.717) is 10.5 Å². The number of sulfonamides is 1. The number of halogens is 5. The van der Waals surface area contributed by atoms with Crippen LogP contribution in [0.1, 0.15) is 16.8 Å². The van der Waals surface area contributed by atoms with Gasteiger partial charge in [0.2, 0.25) is 5.88 Å². The molecule has 1 saturated heterocycles. The number of hydrogen-bond acceptors (Lipinski definition) is 5. The molecule has 0 spiro atoms. The number of alkyl halides is 4. The van der Waals surface area contributed by atoms with Crippen LogP contribution in [0.15, 0.2) is 30.3 Å². The monoisotopic (exact) mass is 506 g/mol. The fourth-order valence-corrected chi connectivity index (χ4v) is 4.67. The van der Waals surface area contributed by atoms with Crippen LogP contribution >= 0.6 is 0 Å². The van der Waals surface area contributed by atoms with Gasteiger partial charge in [0, 0.05) is 5.56 Å². The number of benzene rings is 1. The van der Waals surface area contributed by atoms with Crippen LogP contribution in [0.25, 0.3) is 0 Å². The number of urea groups is 1. The van der Waals surface area contributed by atoms with Crippen LogP contribution in [0.2, 0.25) is 0 Å². The maximum absolute atomic E-state index is 15.3. The molecule has 2 amide bonds. The molecule has 4 rings (SSSR count). The normalized spacial score (nSPS) is 22.2. The van der Waals surface area contributed by atoms with Crippen molar-refractivity contribution in [3.63, 3.8) is 0 Å². The van der Waals surface area contributed by atoms with E-state index in [1.165, 1.54) is 22.9 Å². The van der Waals surface area contributed by atoms with Crippen molar-refractivity contribution < 1.29 is 39.9 Å². The zero-order chi connectivity index (χ0) is 24.8. The number of amides is 2. The van der Waals surface area contributed by atoms with Crippen LogP contribution in [0.5, 0.6) is 11.6 Å². The molecule has 1 aromatic carbocycles. The largest absolute Gasteiger partial charge is 0.436 e. The SMILES string of the molecule is Cc1ccc2nc1Oc1cccc(c1F)C[C@H]1[C@@H](NS(=O)(=O)C(F)F)C(F)(F)CN1C(=O)NC2. The lowest BCUT2D eigenvalue weighted by molar-refractivity contribution is -0.00499. The lowest BCUT2D eigenvalue weighted by atomic mass is 9.98. The Balaban J connectivity index is 1.81. The number of nitrogens with zero attached hydrogens (tertiary/aromatic N) is 2. The van der Waals surface area contributed by atoms with E-state index in [1.807, 2.05) is 0 Å². The van der Waals surface area contributed by atoms with Gasteiger partial charge in [0.25, 0.3) is 15.9 Å². The Morgan fingerprint density at radius 1 is 1.26 bits per heavy atom. The Hall–Kier alpha value is -3.00. The van der Waals surface area contributed by atoms with Crippen molar-refractivity contribution in [2.75, 3.05) is 6.54 Å². The third kappa shape index (κ3) is 4.51. The number of fused-ring (bicyclic) bond motifs is 5. The van der Waals surface area contributed by atoms with Gasteiger partial charge in [-0.25, -0.2) is 31.4 Å². The first-order chi connectivity index (χ1) is 15.9. The number of aryl methyl sites for hydroxylation is 1. The Labute approximate surface area is 191 Å². The first-order valence-corrected chi connectivity index (χ1v) is 11.6. The van der Waals surface area contributed by atoms with Crippen molar-refractivity contribution in [3.05, 3.63) is 53.0 Å². The van der Waals surface area contributed by atoms with Crippen molar-refractivity contribution in [1.29, 1.82) is 0 Å². The lowest BCUT2D eigenvalue weighted by Gasteiger charge is -2.28. The molecule has 2 N–H and O–H groups in total. The van der Waals surface area contributed by atoms with E-state index < -0.39 is 58.6 Å². The summed E-state index contributed by atoms with van der Waals surface area (Å²) < 4.78 is 101. The second-order valence-corrected chi connectivity index (χ2v) is 9.66. The fraction of sp³-hybridized carbons (Fsp3) is 0.400. The summed E-state index contributed by atoms with van der Waals surface area (Å²) in [6.45, 7) is 0.185. The highest BCUT2D eigenvalue weighted by molar-refractivity contribution is 7.89. The number of carbonyl (C=O) groups is 1. The predicted octanol–water partition coefficient (Wildman–Crippen LogP) is 2.92. The second-order valence-electron chi connectivity index (χ2n) is 7.98. The maximum atomic E-state index is 15.3. The van der Waals surface area contributed by atoms with Crippen LogP contribution in [-0.2, 0) is 23.0 Å². The van der Waals surface area contributed by atoms with Gasteiger partial charge in [-0.1, -0.05) is 18.2 Å². The van der Waals surface area contributed by atoms with Crippen molar-refractivity contribution in [1.82, 2.24) is 19.9 Å². The zero-order valence-electron chi connectivity index (χ0n) is 17.6. The average molecular weight is 506 g/mol. The van der Waals surface area contributed by atoms with Crippen molar-refractivity contribution in [2.45, 2.75) is 43.7 Å². The molecule has 2 aromatic rings. The molecule has 14 heteroatoms. The van der Waals surface area contributed by atoms with E-state index in [2.05, 4.69) is 10.3 Å². The van der Waals surface area contributed by atoms with E-state index in [0.717, 1.165) is 0 Å². The lowest BCUT2D eigenvalue weighted by Crippen LogP contribution is -2.54. The minimum absolute atomic E-state index is 0.0663. The molecule has 0 saturated carbocycles. The molecule has 34 heavy (non-hydrogen) atoms. The van der Waals surface area contributed by atoms with E-state index in [4.69, 9.17) is 4.74 Å². The van der Waals surface area contributed by atoms with Gasteiger partial charge in [0.1, 0.15) is 6.04 Å². The molecule has 184 valence electrons. The summed E-state index contributed by atoms with van der Waals surface area (Å²) in [6, 6.07) is 1.93. The zero-order valence-corrected chi connectivity index (χ0v) is 18.4. The number of carbonyl (C=O) groups excluding carboxylic acids is 1. The number of aromatic nitrogens is 1. The molecule has 2 aliphatic heterocycles. The van der Waals surface area contributed by atoms with Gasteiger partial charge in [-0.2, -0.15) is 13.5 Å². The van der Waals surface area contributed by atoms with E-state index in [1.54, 1.807) is 19.1 Å². The number of hydrogen-bond donors (Lipinski definition) is 2. The summed E-state index contributed by atoms with van der Waals surface area (Å²) in [5.41, 5.74) is 0.658. The maximum Gasteiger partial charge on any atom is 0.350 e. The highest BCUT2D eigenvalue weighted by atomic mass is 32.2. The van der Waals surface area contributed by atoms with E-state index in [-0.39, 0.29) is 29.4 Å². The van der Waals surface area contributed by atoms with Crippen molar-refractivity contribution >= 4 is 16.1 Å². The molecule has 3 heterocycles. The summed E-state index contributed by atoms with van der Waals surface area (Å²) in [6.07, 6.45) is -0.605. The van der Waals surface area contributed by atoms with Gasteiger partial charge >= 0.3 is 11.8 Å².